The van der Waals surface area contributed by atoms with E-state index in [1.807, 2.05) is 0 Å². The SMILES string of the molecule is CC/C(=C\C(=N\O)C(N)=O)C(CC)[N+](=O)[O-]. The Balaban J connectivity index is 5.18. The molecule has 16 heavy (non-hydrogen) atoms. The Morgan fingerprint density at radius 2 is 2.19 bits per heavy atom. The molecule has 0 radical (unpaired) electrons. The minimum Gasteiger partial charge on any atom is -0.410 e. The molecule has 0 rings (SSSR count). The van der Waals surface area contributed by atoms with E-state index in [1.165, 1.54) is 6.08 Å². The number of nitrogens with zero attached hydrogens (tertiary/aromatic N) is 2. The smallest absolute Gasteiger partial charge is 0.270 e. The molecule has 0 aliphatic heterocycles. The van der Waals surface area contributed by atoms with E-state index >= 15 is 0 Å². The van der Waals surface area contributed by atoms with Gasteiger partial charge in [0, 0.05) is 16.9 Å². The van der Waals surface area contributed by atoms with Crippen LogP contribution in [-0.2, 0) is 4.79 Å². The highest BCUT2D eigenvalue weighted by Crippen LogP contribution is 2.14. The molecule has 0 bridgehead atoms. The molecular weight excluding hydrogens is 214 g/mol. The lowest BCUT2D eigenvalue weighted by molar-refractivity contribution is -0.512. The van der Waals surface area contributed by atoms with Crippen LogP contribution in [0.4, 0.5) is 0 Å². The molecule has 7 heteroatoms. The number of amides is 1. The lowest BCUT2D eigenvalue weighted by atomic mass is 10.0. The van der Waals surface area contributed by atoms with E-state index in [0.29, 0.717) is 18.4 Å². The minimum atomic E-state index is -0.924. The van der Waals surface area contributed by atoms with E-state index in [9.17, 15) is 14.9 Å². The number of rotatable bonds is 6. The van der Waals surface area contributed by atoms with Crippen LogP contribution in [0.2, 0.25) is 0 Å². The van der Waals surface area contributed by atoms with Gasteiger partial charge in [0.2, 0.25) is 6.04 Å². The zero-order valence-corrected chi connectivity index (χ0v) is 9.21. The average Bonchev–Trinajstić information content (AvgIpc) is 2.22. The molecule has 1 unspecified atom stereocenters. The first-order valence-electron chi connectivity index (χ1n) is 4.83. The van der Waals surface area contributed by atoms with Crippen molar-refractivity contribution in [1.82, 2.24) is 0 Å². The third-order valence-electron chi connectivity index (χ3n) is 2.16. The van der Waals surface area contributed by atoms with Gasteiger partial charge in [-0.1, -0.05) is 19.0 Å². The van der Waals surface area contributed by atoms with Crippen LogP contribution in [-0.4, -0.2) is 27.8 Å². The van der Waals surface area contributed by atoms with Gasteiger partial charge >= 0.3 is 0 Å². The van der Waals surface area contributed by atoms with Gasteiger partial charge in [0.15, 0.2) is 5.71 Å². The zero-order chi connectivity index (χ0) is 12.7. The second-order valence-electron chi connectivity index (χ2n) is 3.13. The third-order valence-corrected chi connectivity index (χ3v) is 2.16. The van der Waals surface area contributed by atoms with Crippen molar-refractivity contribution in [3.05, 3.63) is 21.8 Å². The summed E-state index contributed by atoms with van der Waals surface area (Å²) < 4.78 is 0. The Bertz CT molecular complexity index is 336. The van der Waals surface area contributed by atoms with E-state index in [4.69, 9.17) is 10.9 Å². The molecule has 90 valence electrons. The van der Waals surface area contributed by atoms with Crippen molar-refractivity contribution in [3.63, 3.8) is 0 Å². The molecule has 0 aliphatic rings. The maximum atomic E-state index is 10.8. The number of oxime groups is 1. The minimum absolute atomic E-state index is 0.296. The van der Waals surface area contributed by atoms with Crippen molar-refractivity contribution in [2.75, 3.05) is 0 Å². The van der Waals surface area contributed by atoms with Gasteiger partial charge in [0.05, 0.1) is 0 Å². The van der Waals surface area contributed by atoms with Crippen LogP contribution in [0.1, 0.15) is 26.7 Å². The molecule has 0 spiro atoms. The fourth-order valence-corrected chi connectivity index (χ4v) is 1.31. The van der Waals surface area contributed by atoms with Gasteiger partial charge in [0.25, 0.3) is 5.91 Å². The molecule has 0 heterocycles. The average molecular weight is 229 g/mol. The first-order valence-corrected chi connectivity index (χ1v) is 4.83. The van der Waals surface area contributed by atoms with Crippen molar-refractivity contribution >= 4 is 11.6 Å². The third kappa shape index (κ3) is 3.68. The molecule has 0 fully saturated rings. The largest absolute Gasteiger partial charge is 0.410 e. The van der Waals surface area contributed by atoms with Gasteiger partial charge in [-0.05, 0) is 12.5 Å². The number of nitro groups is 1. The molecule has 3 N–H and O–H groups in total. The maximum absolute atomic E-state index is 10.8. The Morgan fingerprint density at radius 1 is 1.62 bits per heavy atom. The van der Waals surface area contributed by atoms with E-state index < -0.39 is 16.9 Å². The fraction of sp³-hybridized carbons (Fsp3) is 0.556. The summed E-state index contributed by atoms with van der Waals surface area (Å²) in [6.07, 6.45) is 1.84. The van der Waals surface area contributed by atoms with Gasteiger partial charge in [-0.15, -0.1) is 0 Å². The number of primary amides is 1. The predicted octanol–water partition coefficient (Wildman–Crippen LogP) is 0.694. The molecule has 0 saturated heterocycles. The molecule has 0 saturated carbocycles. The zero-order valence-electron chi connectivity index (χ0n) is 9.21. The summed E-state index contributed by atoms with van der Waals surface area (Å²) in [7, 11) is 0. The number of hydrogen-bond donors (Lipinski definition) is 2. The van der Waals surface area contributed by atoms with Crippen molar-refractivity contribution in [2.24, 2.45) is 10.9 Å². The molecule has 7 nitrogen and oxygen atoms in total. The van der Waals surface area contributed by atoms with Crippen LogP contribution in [0.5, 0.6) is 0 Å². The van der Waals surface area contributed by atoms with Crippen LogP contribution < -0.4 is 5.73 Å². The van der Waals surface area contributed by atoms with Crippen LogP contribution in [0.25, 0.3) is 0 Å². The van der Waals surface area contributed by atoms with Gasteiger partial charge in [-0.3, -0.25) is 14.9 Å². The Labute approximate surface area is 92.8 Å². The molecule has 0 aromatic carbocycles. The maximum Gasteiger partial charge on any atom is 0.270 e. The van der Waals surface area contributed by atoms with Crippen molar-refractivity contribution < 1.29 is 14.9 Å². The standard InChI is InChI=1S/C9H15N3O4/c1-3-6(8(4-2)12(15)16)5-7(11-14)9(10)13/h5,8,14H,3-4H2,1-2H3,(H2,10,13)/b6-5+,11-7-. The van der Waals surface area contributed by atoms with Gasteiger partial charge in [-0.2, -0.15) is 0 Å². The van der Waals surface area contributed by atoms with Crippen molar-refractivity contribution in [1.29, 1.82) is 0 Å². The summed E-state index contributed by atoms with van der Waals surface area (Å²) >= 11 is 0. The highest BCUT2D eigenvalue weighted by Gasteiger charge is 2.23. The molecule has 0 aromatic rings. The quantitative estimate of drug-likeness (QED) is 0.301. The lowest BCUT2D eigenvalue weighted by Gasteiger charge is -2.09. The Hall–Kier alpha value is -1.92. The van der Waals surface area contributed by atoms with Crippen molar-refractivity contribution in [3.8, 4) is 0 Å². The van der Waals surface area contributed by atoms with Gasteiger partial charge in [-0.25, -0.2) is 0 Å². The summed E-state index contributed by atoms with van der Waals surface area (Å²) in [5.74, 6) is -0.924. The number of hydrogen-bond acceptors (Lipinski definition) is 5. The number of carbonyl (C=O) groups excluding carboxylic acids is 1. The fourth-order valence-electron chi connectivity index (χ4n) is 1.31. The highest BCUT2D eigenvalue weighted by atomic mass is 16.6. The van der Waals surface area contributed by atoms with E-state index in [0.717, 1.165) is 0 Å². The summed E-state index contributed by atoms with van der Waals surface area (Å²) in [4.78, 5) is 21.1. The predicted molar refractivity (Wildman–Crippen MR) is 57.9 cm³/mol. The lowest BCUT2D eigenvalue weighted by Crippen LogP contribution is -2.25. The molecule has 0 aliphatic carbocycles. The number of nitrogens with two attached hydrogens (primary N) is 1. The normalized spacial score (nSPS) is 14.6. The topological polar surface area (TPSA) is 119 Å². The van der Waals surface area contributed by atoms with Crippen LogP contribution in [0.3, 0.4) is 0 Å². The summed E-state index contributed by atoms with van der Waals surface area (Å²) in [5, 5.41) is 21.9. The van der Waals surface area contributed by atoms with E-state index in [1.54, 1.807) is 13.8 Å². The summed E-state index contributed by atoms with van der Waals surface area (Å²) in [5.41, 5.74) is 4.95. The first kappa shape index (κ1) is 14.1. The molecule has 0 aromatic heterocycles. The Morgan fingerprint density at radius 3 is 2.44 bits per heavy atom. The summed E-state index contributed by atoms with van der Waals surface area (Å²) in [6, 6.07) is -0.888. The van der Waals surface area contributed by atoms with Gasteiger partial charge < -0.3 is 10.9 Å². The first-order chi connectivity index (χ1) is 7.47. The van der Waals surface area contributed by atoms with Crippen molar-refractivity contribution in [2.45, 2.75) is 32.7 Å². The van der Waals surface area contributed by atoms with E-state index in [-0.39, 0.29) is 5.71 Å². The van der Waals surface area contributed by atoms with Crippen LogP contribution in [0, 0.1) is 10.1 Å². The molecule has 1 atom stereocenters. The second kappa shape index (κ2) is 6.54. The van der Waals surface area contributed by atoms with E-state index in [2.05, 4.69) is 5.16 Å². The highest BCUT2D eigenvalue weighted by molar-refractivity contribution is 6.42. The molecule has 1 amide bonds. The van der Waals surface area contributed by atoms with Gasteiger partial charge in [0.1, 0.15) is 0 Å². The van der Waals surface area contributed by atoms with Crippen LogP contribution in [0.15, 0.2) is 16.8 Å². The van der Waals surface area contributed by atoms with Crippen LogP contribution >= 0.6 is 0 Å². The monoisotopic (exact) mass is 229 g/mol. The Kier molecular flexibility index (Phi) is 5.76. The molecular formula is C9H15N3O4. The number of carbonyl (C=O) groups is 1. The second-order valence-corrected chi connectivity index (χ2v) is 3.13. The summed E-state index contributed by atoms with van der Waals surface area (Å²) in [6.45, 7) is 3.38.